The van der Waals surface area contributed by atoms with E-state index in [4.69, 9.17) is 4.74 Å². The molecule has 0 saturated carbocycles. The maximum Gasteiger partial charge on any atom is 0.343 e. The van der Waals surface area contributed by atoms with E-state index in [1.54, 1.807) is 54.6 Å². The maximum absolute atomic E-state index is 12.3. The van der Waals surface area contributed by atoms with Crippen LogP contribution in [0.25, 0.3) is 0 Å². The molecule has 3 aromatic rings. The highest BCUT2D eigenvalue weighted by atomic mass is 16.6. The number of hydrogen-bond donors (Lipinski definition) is 1. The first-order chi connectivity index (χ1) is 14.9. The van der Waals surface area contributed by atoms with Gasteiger partial charge in [0.15, 0.2) is 0 Å². The highest BCUT2D eigenvalue weighted by Crippen LogP contribution is 2.21. The number of rotatable bonds is 7. The molecule has 0 saturated heterocycles. The van der Waals surface area contributed by atoms with Crippen molar-refractivity contribution in [1.29, 1.82) is 0 Å². The quantitative estimate of drug-likeness (QED) is 0.205. The van der Waals surface area contributed by atoms with Gasteiger partial charge < -0.3 is 4.74 Å². The fourth-order valence-corrected chi connectivity index (χ4v) is 2.86. The van der Waals surface area contributed by atoms with Crippen LogP contribution in [0.15, 0.2) is 59.7 Å². The second kappa shape index (κ2) is 9.44. The molecule has 0 aliphatic carbocycles. The van der Waals surface area contributed by atoms with Gasteiger partial charge in [0.25, 0.3) is 5.91 Å². The number of benzene rings is 2. The summed E-state index contributed by atoms with van der Waals surface area (Å²) in [6.45, 7) is 2.79. The van der Waals surface area contributed by atoms with Crippen LogP contribution >= 0.6 is 0 Å². The number of aryl methyl sites for hydroxylation is 1. The molecule has 0 aliphatic rings. The molecule has 2 aromatic carbocycles. The summed E-state index contributed by atoms with van der Waals surface area (Å²) in [6, 6.07) is 15.3. The van der Waals surface area contributed by atoms with Crippen LogP contribution in [0, 0.1) is 24.0 Å². The van der Waals surface area contributed by atoms with E-state index in [-0.39, 0.29) is 29.4 Å². The van der Waals surface area contributed by atoms with Crippen LogP contribution in [-0.4, -0.2) is 32.8 Å². The fourth-order valence-electron chi connectivity index (χ4n) is 2.86. The lowest BCUT2D eigenvalue weighted by Gasteiger charge is -2.07. The summed E-state index contributed by atoms with van der Waals surface area (Å²) in [5, 5.41) is 19.0. The van der Waals surface area contributed by atoms with E-state index in [1.165, 1.54) is 24.7 Å². The monoisotopic (exact) mass is 421 g/mol. The summed E-state index contributed by atoms with van der Waals surface area (Å²) in [4.78, 5) is 35.0. The average Bonchev–Trinajstić information content (AvgIpc) is 3.02. The van der Waals surface area contributed by atoms with Gasteiger partial charge in [-0.1, -0.05) is 30.3 Å². The van der Waals surface area contributed by atoms with Crippen molar-refractivity contribution in [2.75, 3.05) is 0 Å². The van der Waals surface area contributed by atoms with Gasteiger partial charge in [-0.15, -0.1) is 0 Å². The van der Waals surface area contributed by atoms with E-state index < -0.39 is 16.8 Å². The predicted octanol–water partition coefficient (Wildman–Crippen LogP) is 2.78. The van der Waals surface area contributed by atoms with Gasteiger partial charge in [0.2, 0.25) is 0 Å². The Morgan fingerprint density at radius 2 is 1.84 bits per heavy atom. The van der Waals surface area contributed by atoms with E-state index in [0.29, 0.717) is 11.1 Å². The van der Waals surface area contributed by atoms with Crippen molar-refractivity contribution in [3.8, 4) is 5.75 Å². The molecular weight excluding hydrogens is 402 g/mol. The molecule has 1 heterocycles. The minimum absolute atomic E-state index is 0.120. The van der Waals surface area contributed by atoms with Gasteiger partial charge in [-0.2, -0.15) is 10.2 Å². The van der Waals surface area contributed by atoms with Crippen molar-refractivity contribution in [1.82, 2.24) is 15.2 Å². The maximum atomic E-state index is 12.3. The summed E-state index contributed by atoms with van der Waals surface area (Å²) >= 11 is 0. The zero-order valence-corrected chi connectivity index (χ0v) is 16.8. The zero-order chi connectivity index (χ0) is 22.4. The number of nitro groups is 1. The Morgan fingerprint density at radius 1 is 1.16 bits per heavy atom. The molecule has 1 aromatic heterocycles. The Kier molecular flexibility index (Phi) is 6.51. The summed E-state index contributed by atoms with van der Waals surface area (Å²) < 4.78 is 6.66. The van der Waals surface area contributed by atoms with Gasteiger partial charge in [0.05, 0.1) is 16.7 Å². The molecule has 1 N–H and O–H groups in total. The molecule has 0 spiro atoms. The molecule has 0 aliphatic heterocycles. The first kappa shape index (κ1) is 21.4. The molecule has 1 amide bonds. The number of hydrogen-bond acceptors (Lipinski definition) is 7. The van der Waals surface area contributed by atoms with Crippen LogP contribution in [-0.2, 0) is 11.3 Å². The van der Waals surface area contributed by atoms with Crippen LogP contribution in [0.4, 0.5) is 5.69 Å². The van der Waals surface area contributed by atoms with Gasteiger partial charge in [-0.05, 0) is 38.1 Å². The Bertz CT molecular complexity index is 1150. The number of nitrogens with zero attached hydrogens (tertiary/aromatic N) is 4. The first-order valence-electron chi connectivity index (χ1n) is 9.23. The summed E-state index contributed by atoms with van der Waals surface area (Å²) in [5.74, 6) is -0.754. The molecule has 31 heavy (non-hydrogen) atoms. The van der Waals surface area contributed by atoms with Crippen LogP contribution in [0.3, 0.4) is 0 Å². The first-order valence-corrected chi connectivity index (χ1v) is 9.23. The summed E-state index contributed by atoms with van der Waals surface area (Å²) in [5.41, 5.74) is 3.61. The smallest absolute Gasteiger partial charge is 0.343 e. The molecule has 0 unspecified atom stereocenters. The highest BCUT2D eigenvalue weighted by molar-refractivity contribution is 5.93. The number of esters is 1. The SMILES string of the molecule is Cc1nn(CC(=O)NN=Cc2ccccc2OC(=O)c2ccccc2)c(C)c1[N+](=O)[O-]. The van der Waals surface area contributed by atoms with Crippen molar-refractivity contribution < 1.29 is 19.2 Å². The molecule has 0 atom stereocenters. The third-order valence-electron chi connectivity index (χ3n) is 4.34. The Morgan fingerprint density at radius 3 is 2.52 bits per heavy atom. The summed E-state index contributed by atoms with van der Waals surface area (Å²) in [6.07, 6.45) is 1.34. The largest absolute Gasteiger partial charge is 0.422 e. The van der Waals surface area contributed by atoms with Gasteiger partial charge >= 0.3 is 11.7 Å². The van der Waals surface area contributed by atoms with Crippen molar-refractivity contribution >= 4 is 23.8 Å². The number of amides is 1. The number of aromatic nitrogens is 2. The molecule has 0 radical (unpaired) electrons. The molecule has 158 valence electrons. The molecule has 0 bridgehead atoms. The van der Waals surface area contributed by atoms with Gasteiger partial charge in [-0.3, -0.25) is 19.6 Å². The van der Waals surface area contributed by atoms with Crippen molar-refractivity contribution in [3.63, 3.8) is 0 Å². The Balaban J connectivity index is 1.65. The number of para-hydroxylation sites is 1. The minimum atomic E-state index is -0.530. The number of hydrazone groups is 1. The Hall–Kier alpha value is -4.34. The van der Waals surface area contributed by atoms with E-state index in [9.17, 15) is 19.7 Å². The molecule has 3 rings (SSSR count). The number of carbonyl (C=O) groups excluding carboxylic acids is 2. The molecule has 10 heteroatoms. The van der Waals surface area contributed by atoms with Crippen LogP contribution < -0.4 is 10.2 Å². The van der Waals surface area contributed by atoms with Crippen LogP contribution in [0.2, 0.25) is 0 Å². The minimum Gasteiger partial charge on any atom is -0.422 e. The topological polar surface area (TPSA) is 129 Å². The lowest BCUT2D eigenvalue weighted by molar-refractivity contribution is -0.386. The normalized spacial score (nSPS) is 10.8. The molecule has 0 fully saturated rings. The van der Waals surface area contributed by atoms with E-state index in [0.717, 1.165) is 0 Å². The Labute approximate surface area is 177 Å². The van der Waals surface area contributed by atoms with Crippen molar-refractivity contribution in [3.05, 3.63) is 87.2 Å². The lowest BCUT2D eigenvalue weighted by atomic mass is 10.2. The summed E-state index contributed by atoms with van der Waals surface area (Å²) in [7, 11) is 0. The third-order valence-corrected chi connectivity index (χ3v) is 4.34. The van der Waals surface area contributed by atoms with E-state index in [2.05, 4.69) is 15.6 Å². The van der Waals surface area contributed by atoms with E-state index >= 15 is 0 Å². The zero-order valence-electron chi connectivity index (χ0n) is 16.8. The van der Waals surface area contributed by atoms with Gasteiger partial charge in [0.1, 0.15) is 23.7 Å². The predicted molar refractivity (Wildman–Crippen MR) is 112 cm³/mol. The average molecular weight is 421 g/mol. The van der Waals surface area contributed by atoms with Crippen LogP contribution in [0.5, 0.6) is 5.75 Å². The van der Waals surface area contributed by atoms with Crippen molar-refractivity contribution in [2.45, 2.75) is 20.4 Å². The highest BCUT2D eigenvalue weighted by Gasteiger charge is 2.22. The molecule has 10 nitrogen and oxygen atoms in total. The standard InChI is InChI=1S/C21H19N5O5/c1-14-20(26(29)30)15(2)25(24-14)13-19(27)23-22-12-17-10-6-7-11-18(17)31-21(28)16-8-4-3-5-9-16/h3-12H,13H2,1-2H3,(H,23,27). The second-order valence-corrected chi connectivity index (χ2v) is 6.52. The van der Waals surface area contributed by atoms with Crippen molar-refractivity contribution in [2.24, 2.45) is 5.10 Å². The van der Waals surface area contributed by atoms with E-state index in [1.807, 2.05) is 0 Å². The number of ether oxygens (including phenoxy) is 1. The number of nitrogens with one attached hydrogen (secondary N) is 1. The molecular formula is C21H19N5O5. The third kappa shape index (κ3) is 5.18. The van der Waals surface area contributed by atoms with Gasteiger partial charge in [-0.25, -0.2) is 10.2 Å². The van der Waals surface area contributed by atoms with Gasteiger partial charge in [0, 0.05) is 5.56 Å². The van der Waals surface area contributed by atoms with Crippen LogP contribution in [0.1, 0.15) is 27.3 Å². The number of carbonyl (C=O) groups is 2. The second-order valence-electron chi connectivity index (χ2n) is 6.52. The lowest BCUT2D eigenvalue weighted by Crippen LogP contribution is -2.24. The fraction of sp³-hybridized carbons (Fsp3) is 0.143.